The molecule has 35 heavy (non-hydrogen) atoms. The van der Waals surface area contributed by atoms with Crippen LogP contribution in [0.25, 0.3) is 10.2 Å². The molecule has 4 aromatic rings. The number of pyridine rings is 1. The molecule has 5 rings (SSSR count). The van der Waals surface area contributed by atoms with Crippen molar-refractivity contribution in [2.45, 2.75) is 31.9 Å². The van der Waals surface area contributed by atoms with E-state index in [0.29, 0.717) is 21.7 Å². The molecule has 0 spiro atoms. The van der Waals surface area contributed by atoms with Gasteiger partial charge in [0.15, 0.2) is 12.4 Å². The summed E-state index contributed by atoms with van der Waals surface area (Å²) in [6, 6.07) is 9.69. The van der Waals surface area contributed by atoms with Crippen molar-refractivity contribution in [2.75, 3.05) is 5.32 Å². The van der Waals surface area contributed by atoms with Crippen LogP contribution in [0, 0.1) is 0 Å². The van der Waals surface area contributed by atoms with Crippen LogP contribution >= 0.6 is 22.9 Å². The molecule has 3 heterocycles. The maximum Gasteiger partial charge on any atom is 0.280 e. The number of primary amides is 1. The summed E-state index contributed by atoms with van der Waals surface area (Å²) >= 11 is 6.83. The summed E-state index contributed by atoms with van der Waals surface area (Å²) in [6.07, 6.45) is 0.459. The minimum atomic E-state index is -2.76. The maximum atomic E-state index is 13.4. The van der Waals surface area contributed by atoms with Gasteiger partial charge in [0.1, 0.15) is 21.2 Å². The van der Waals surface area contributed by atoms with Crippen LogP contribution in [0.5, 0.6) is 5.75 Å². The fourth-order valence-electron chi connectivity index (χ4n) is 3.70. The van der Waals surface area contributed by atoms with Gasteiger partial charge < -0.3 is 15.8 Å². The third-order valence-electron chi connectivity index (χ3n) is 5.45. The van der Waals surface area contributed by atoms with Crippen molar-refractivity contribution >= 4 is 50.7 Å². The number of nitrogens with one attached hydrogen (secondary N) is 1. The highest BCUT2D eigenvalue weighted by atomic mass is 35.5. The van der Waals surface area contributed by atoms with Crippen molar-refractivity contribution in [3.05, 3.63) is 69.4 Å². The van der Waals surface area contributed by atoms with E-state index >= 15 is 0 Å². The van der Waals surface area contributed by atoms with Gasteiger partial charge in [-0.15, -0.1) is 11.3 Å². The number of hydrogen-bond donors (Lipinski definition) is 2. The number of rotatable bonds is 8. The maximum absolute atomic E-state index is 13.4. The largest absolute Gasteiger partial charge is 0.471 e. The minimum Gasteiger partial charge on any atom is -0.471 e. The summed E-state index contributed by atoms with van der Waals surface area (Å²) in [5, 5.41) is 7.91. The standard InChI is InChI=1S/C23H18ClF2N5O3S/c24-12-2-1-3-13(8-12)34-10-31-7-6-15(30-31)22(33)29-18-17-14(11-4-5-11)9-16(20(25)26)28-23(17)35-19(18)21(27)32/h1-3,6-9,11,20H,4-5,10H2,(H2,27,32)(H,29,33). The molecule has 1 aliphatic rings. The molecule has 1 saturated carbocycles. The van der Waals surface area contributed by atoms with Crippen molar-refractivity contribution in [2.24, 2.45) is 5.73 Å². The zero-order valence-corrected chi connectivity index (χ0v) is 19.6. The Morgan fingerprint density at radius 2 is 2.09 bits per heavy atom. The minimum absolute atomic E-state index is 0.0354. The third kappa shape index (κ3) is 4.82. The molecular weight excluding hydrogens is 500 g/mol. The molecule has 0 atom stereocenters. The van der Waals surface area contributed by atoms with E-state index in [2.05, 4.69) is 15.4 Å². The molecule has 2 amide bonds. The topological polar surface area (TPSA) is 112 Å². The summed E-state index contributed by atoms with van der Waals surface area (Å²) in [5.74, 6) is -0.776. The van der Waals surface area contributed by atoms with Crippen LogP contribution in [0.3, 0.4) is 0 Å². The molecule has 1 aromatic carbocycles. The molecule has 1 fully saturated rings. The molecule has 1 aliphatic carbocycles. The second-order valence-electron chi connectivity index (χ2n) is 7.99. The first-order valence-electron chi connectivity index (χ1n) is 10.6. The Morgan fingerprint density at radius 3 is 2.77 bits per heavy atom. The first kappa shape index (κ1) is 23.2. The number of nitrogens with two attached hydrogens (primary N) is 1. The highest BCUT2D eigenvalue weighted by molar-refractivity contribution is 7.21. The number of fused-ring (bicyclic) bond motifs is 1. The van der Waals surface area contributed by atoms with Gasteiger partial charge in [-0.2, -0.15) is 5.10 Å². The Kier molecular flexibility index (Phi) is 6.12. The van der Waals surface area contributed by atoms with Crippen molar-refractivity contribution in [1.82, 2.24) is 14.8 Å². The summed E-state index contributed by atoms with van der Waals surface area (Å²) in [7, 11) is 0. The molecule has 0 radical (unpaired) electrons. The van der Waals surface area contributed by atoms with E-state index in [9.17, 15) is 18.4 Å². The van der Waals surface area contributed by atoms with Crippen molar-refractivity contribution in [3.8, 4) is 5.75 Å². The van der Waals surface area contributed by atoms with Crippen LogP contribution in [-0.4, -0.2) is 26.6 Å². The van der Waals surface area contributed by atoms with Gasteiger partial charge >= 0.3 is 0 Å². The lowest BCUT2D eigenvalue weighted by Gasteiger charge is -2.09. The Labute approximate surface area is 206 Å². The van der Waals surface area contributed by atoms with E-state index in [1.165, 1.54) is 16.8 Å². The first-order valence-corrected chi connectivity index (χ1v) is 11.8. The van der Waals surface area contributed by atoms with E-state index in [1.807, 2.05) is 0 Å². The van der Waals surface area contributed by atoms with E-state index in [-0.39, 0.29) is 39.4 Å². The average Bonchev–Trinajstić information content (AvgIpc) is 3.44. The number of aromatic nitrogens is 3. The summed E-state index contributed by atoms with van der Waals surface area (Å²) in [5.41, 5.74) is 6.04. The van der Waals surface area contributed by atoms with Crippen LogP contribution < -0.4 is 15.8 Å². The summed E-state index contributed by atoms with van der Waals surface area (Å²) < 4.78 is 33.8. The normalized spacial score (nSPS) is 13.4. The highest BCUT2D eigenvalue weighted by Crippen LogP contribution is 2.48. The zero-order chi connectivity index (χ0) is 24.7. The summed E-state index contributed by atoms with van der Waals surface area (Å²) in [6.45, 7) is 0.0354. The number of hydrogen-bond acceptors (Lipinski definition) is 6. The smallest absolute Gasteiger partial charge is 0.280 e. The number of halogens is 3. The summed E-state index contributed by atoms with van der Waals surface area (Å²) in [4.78, 5) is 29.4. The van der Waals surface area contributed by atoms with Gasteiger partial charge in [0.05, 0.1) is 5.69 Å². The molecule has 8 nitrogen and oxygen atoms in total. The number of ether oxygens (including phenoxy) is 1. The van der Waals surface area contributed by atoms with Crippen molar-refractivity contribution in [1.29, 1.82) is 0 Å². The van der Waals surface area contributed by atoms with Crippen LogP contribution in [-0.2, 0) is 6.73 Å². The molecule has 3 aromatic heterocycles. The number of thiophene rings is 1. The molecule has 0 unspecified atom stereocenters. The van der Waals surface area contributed by atoms with Crippen LogP contribution in [0.15, 0.2) is 42.6 Å². The van der Waals surface area contributed by atoms with Gasteiger partial charge in [0.2, 0.25) is 0 Å². The number of nitrogens with zero attached hydrogens (tertiary/aromatic N) is 3. The second kappa shape index (κ2) is 9.23. The van der Waals surface area contributed by atoms with Gasteiger partial charge in [0.25, 0.3) is 18.2 Å². The number of benzene rings is 1. The highest BCUT2D eigenvalue weighted by Gasteiger charge is 2.32. The van der Waals surface area contributed by atoms with E-state index < -0.39 is 18.2 Å². The number of carbonyl (C=O) groups is 2. The number of alkyl halides is 2. The quantitative estimate of drug-likeness (QED) is 0.327. The molecular formula is C23H18ClF2N5O3S. The molecule has 12 heteroatoms. The van der Waals surface area contributed by atoms with E-state index in [4.69, 9.17) is 22.1 Å². The molecule has 0 saturated heterocycles. The Morgan fingerprint density at radius 1 is 1.29 bits per heavy atom. The van der Waals surface area contributed by atoms with Gasteiger partial charge in [-0.05, 0) is 54.7 Å². The van der Waals surface area contributed by atoms with Crippen LogP contribution in [0.1, 0.15) is 56.6 Å². The second-order valence-corrected chi connectivity index (χ2v) is 9.42. The van der Waals surface area contributed by atoms with Gasteiger partial charge in [-0.1, -0.05) is 17.7 Å². The lowest BCUT2D eigenvalue weighted by molar-refractivity contribution is 0.100. The molecule has 3 N–H and O–H groups in total. The number of anilines is 1. The van der Waals surface area contributed by atoms with E-state index in [1.54, 1.807) is 30.5 Å². The molecule has 0 aliphatic heterocycles. The predicted octanol–water partition coefficient (Wildman–Crippen LogP) is 5.35. The first-order chi connectivity index (χ1) is 16.8. The number of carbonyl (C=O) groups excluding carboxylic acids is 2. The van der Waals surface area contributed by atoms with Gasteiger partial charge in [-0.3, -0.25) is 9.59 Å². The van der Waals surface area contributed by atoms with Crippen molar-refractivity contribution < 1.29 is 23.1 Å². The van der Waals surface area contributed by atoms with Gasteiger partial charge in [-0.25, -0.2) is 18.4 Å². The Bertz CT molecular complexity index is 1450. The predicted molar refractivity (Wildman–Crippen MR) is 127 cm³/mol. The zero-order valence-electron chi connectivity index (χ0n) is 18.0. The fourth-order valence-corrected chi connectivity index (χ4v) is 4.90. The lowest BCUT2D eigenvalue weighted by Crippen LogP contribution is -2.18. The monoisotopic (exact) mass is 517 g/mol. The lowest BCUT2D eigenvalue weighted by atomic mass is 10.0. The third-order valence-corrected chi connectivity index (χ3v) is 6.78. The Hall–Kier alpha value is -3.57. The van der Waals surface area contributed by atoms with Gasteiger partial charge in [0, 0.05) is 16.6 Å². The SMILES string of the molecule is NC(=O)c1sc2nc(C(F)F)cc(C3CC3)c2c1NC(=O)c1ccn(COc2cccc(Cl)c2)n1. The van der Waals surface area contributed by atoms with Crippen LogP contribution in [0.4, 0.5) is 14.5 Å². The fraction of sp³-hybridized carbons (Fsp3) is 0.217. The average molecular weight is 518 g/mol. The number of amides is 2. The molecule has 0 bridgehead atoms. The van der Waals surface area contributed by atoms with Crippen molar-refractivity contribution in [3.63, 3.8) is 0 Å². The Balaban J connectivity index is 1.42. The van der Waals surface area contributed by atoms with Crippen LogP contribution in [0.2, 0.25) is 5.02 Å². The molecule has 180 valence electrons. The van der Waals surface area contributed by atoms with E-state index in [0.717, 1.165) is 24.2 Å².